The molecule has 0 aliphatic rings. The number of rotatable bonds is 2. The van der Waals surface area contributed by atoms with Gasteiger partial charge in [0.1, 0.15) is 0 Å². The van der Waals surface area contributed by atoms with E-state index in [1.54, 1.807) is 0 Å². The van der Waals surface area contributed by atoms with Crippen LogP contribution in [0.4, 0.5) is 0 Å². The quantitative estimate of drug-likeness (QED) is 0.827. The number of halogens is 1. The molecule has 3 nitrogen and oxygen atoms in total. The zero-order chi connectivity index (χ0) is 9.10. The largest absolute Gasteiger partial charge is 0.356 e. The SMILES string of the molecule is Cl.NCc1cc(-c2ccccc2)on1. The highest BCUT2D eigenvalue weighted by atomic mass is 35.5. The summed E-state index contributed by atoms with van der Waals surface area (Å²) in [6.45, 7) is 0.413. The first-order valence-electron chi connectivity index (χ1n) is 4.11. The van der Waals surface area contributed by atoms with Gasteiger partial charge in [-0.05, 0) is 0 Å². The first-order chi connectivity index (χ1) is 6.40. The average Bonchev–Trinajstić information content (AvgIpc) is 2.67. The van der Waals surface area contributed by atoms with Crippen molar-refractivity contribution in [3.05, 3.63) is 42.1 Å². The van der Waals surface area contributed by atoms with E-state index in [4.69, 9.17) is 10.3 Å². The minimum absolute atomic E-state index is 0. The van der Waals surface area contributed by atoms with Gasteiger partial charge in [0.05, 0.1) is 5.69 Å². The molecule has 2 aromatic rings. The van der Waals surface area contributed by atoms with Gasteiger partial charge in [-0.1, -0.05) is 35.5 Å². The molecular formula is C10H11ClN2O. The van der Waals surface area contributed by atoms with Crippen LogP contribution in [0.15, 0.2) is 40.9 Å². The molecular weight excluding hydrogens is 200 g/mol. The van der Waals surface area contributed by atoms with Crippen LogP contribution < -0.4 is 5.73 Å². The van der Waals surface area contributed by atoms with Gasteiger partial charge in [-0.15, -0.1) is 12.4 Å². The summed E-state index contributed by atoms with van der Waals surface area (Å²) in [7, 11) is 0. The van der Waals surface area contributed by atoms with E-state index in [9.17, 15) is 0 Å². The normalized spacial score (nSPS) is 9.50. The molecule has 1 heterocycles. The van der Waals surface area contributed by atoms with E-state index in [2.05, 4.69) is 5.16 Å². The van der Waals surface area contributed by atoms with Crippen LogP contribution in [0, 0.1) is 0 Å². The van der Waals surface area contributed by atoms with E-state index in [0.717, 1.165) is 17.0 Å². The number of nitrogens with zero attached hydrogens (tertiary/aromatic N) is 1. The minimum Gasteiger partial charge on any atom is -0.356 e. The Balaban J connectivity index is 0.000000980. The highest BCUT2D eigenvalue weighted by molar-refractivity contribution is 5.85. The molecule has 0 aliphatic heterocycles. The monoisotopic (exact) mass is 210 g/mol. The minimum atomic E-state index is 0. The molecule has 4 heteroatoms. The van der Waals surface area contributed by atoms with E-state index < -0.39 is 0 Å². The fourth-order valence-corrected chi connectivity index (χ4v) is 1.15. The van der Waals surface area contributed by atoms with Gasteiger partial charge in [0.15, 0.2) is 5.76 Å². The van der Waals surface area contributed by atoms with Crippen LogP contribution in [0.3, 0.4) is 0 Å². The molecule has 2 rings (SSSR count). The Kier molecular flexibility index (Phi) is 3.68. The van der Waals surface area contributed by atoms with Crippen LogP contribution in [0.25, 0.3) is 11.3 Å². The predicted octanol–water partition coefficient (Wildman–Crippen LogP) is 2.22. The van der Waals surface area contributed by atoms with Gasteiger partial charge in [-0.3, -0.25) is 0 Å². The molecule has 14 heavy (non-hydrogen) atoms. The molecule has 2 N–H and O–H groups in total. The third-order valence-corrected chi connectivity index (χ3v) is 1.83. The van der Waals surface area contributed by atoms with Crippen molar-refractivity contribution < 1.29 is 4.52 Å². The maximum atomic E-state index is 5.42. The fraction of sp³-hybridized carbons (Fsp3) is 0.100. The third kappa shape index (κ3) is 2.13. The third-order valence-electron chi connectivity index (χ3n) is 1.83. The smallest absolute Gasteiger partial charge is 0.167 e. The molecule has 1 aromatic carbocycles. The van der Waals surface area contributed by atoms with Crippen molar-refractivity contribution in [1.82, 2.24) is 5.16 Å². The van der Waals surface area contributed by atoms with Crippen molar-refractivity contribution in [2.45, 2.75) is 6.54 Å². The molecule has 0 unspecified atom stereocenters. The van der Waals surface area contributed by atoms with E-state index >= 15 is 0 Å². The van der Waals surface area contributed by atoms with Gasteiger partial charge < -0.3 is 10.3 Å². The summed E-state index contributed by atoms with van der Waals surface area (Å²) in [4.78, 5) is 0. The van der Waals surface area contributed by atoms with Gasteiger partial charge in [0, 0.05) is 18.2 Å². The molecule has 74 valence electrons. The Labute approximate surface area is 88.3 Å². The van der Waals surface area contributed by atoms with Crippen LogP contribution in [0.5, 0.6) is 0 Å². The summed E-state index contributed by atoms with van der Waals surface area (Å²) in [6.07, 6.45) is 0. The number of hydrogen-bond acceptors (Lipinski definition) is 3. The molecule has 0 bridgehead atoms. The number of aromatic nitrogens is 1. The standard InChI is InChI=1S/C10H10N2O.ClH/c11-7-9-6-10(13-12-9)8-4-2-1-3-5-8;/h1-6H,7,11H2;1H. The lowest BCUT2D eigenvalue weighted by molar-refractivity contribution is 0.424. The summed E-state index contributed by atoms with van der Waals surface area (Å²) in [5, 5.41) is 3.81. The highest BCUT2D eigenvalue weighted by Crippen LogP contribution is 2.19. The van der Waals surface area contributed by atoms with Crippen molar-refractivity contribution in [1.29, 1.82) is 0 Å². The van der Waals surface area contributed by atoms with Crippen LogP contribution in [-0.4, -0.2) is 5.16 Å². The lowest BCUT2D eigenvalue weighted by atomic mass is 10.2. The van der Waals surface area contributed by atoms with Crippen molar-refractivity contribution in [3.63, 3.8) is 0 Å². The Morgan fingerprint density at radius 3 is 2.50 bits per heavy atom. The molecule has 0 fully saturated rings. The van der Waals surface area contributed by atoms with E-state index in [-0.39, 0.29) is 12.4 Å². The second-order valence-electron chi connectivity index (χ2n) is 2.75. The van der Waals surface area contributed by atoms with Crippen LogP contribution >= 0.6 is 12.4 Å². The average molecular weight is 211 g/mol. The first kappa shape index (κ1) is 10.8. The van der Waals surface area contributed by atoms with Crippen molar-refractivity contribution in [3.8, 4) is 11.3 Å². The molecule has 0 radical (unpaired) electrons. The van der Waals surface area contributed by atoms with Gasteiger partial charge in [-0.25, -0.2) is 0 Å². The summed E-state index contributed by atoms with van der Waals surface area (Å²) in [5.41, 5.74) is 7.22. The highest BCUT2D eigenvalue weighted by Gasteiger charge is 2.03. The molecule has 0 amide bonds. The van der Waals surface area contributed by atoms with E-state index in [1.165, 1.54) is 0 Å². The van der Waals surface area contributed by atoms with Crippen LogP contribution in [0.1, 0.15) is 5.69 Å². The summed E-state index contributed by atoms with van der Waals surface area (Å²) in [6, 6.07) is 11.7. The zero-order valence-corrected chi connectivity index (χ0v) is 8.33. The van der Waals surface area contributed by atoms with Crippen LogP contribution in [0.2, 0.25) is 0 Å². The van der Waals surface area contributed by atoms with Crippen molar-refractivity contribution in [2.75, 3.05) is 0 Å². The fourth-order valence-electron chi connectivity index (χ4n) is 1.15. The molecule has 0 saturated carbocycles. The van der Waals surface area contributed by atoms with Crippen LogP contribution in [-0.2, 0) is 6.54 Å². The zero-order valence-electron chi connectivity index (χ0n) is 7.51. The Hall–Kier alpha value is -1.32. The lowest BCUT2D eigenvalue weighted by Gasteiger charge is -1.91. The number of benzene rings is 1. The maximum Gasteiger partial charge on any atom is 0.167 e. The first-order valence-corrected chi connectivity index (χ1v) is 4.11. The topological polar surface area (TPSA) is 52.0 Å². The predicted molar refractivity (Wildman–Crippen MR) is 57.1 cm³/mol. The van der Waals surface area contributed by atoms with Crippen molar-refractivity contribution in [2.24, 2.45) is 5.73 Å². The molecule has 0 saturated heterocycles. The summed E-state index contributed by atoms with van der Waals surface area (Å²) < 4.78 is 5.11. The van der Waals surface area contributed by atoms with Gasteiger partial charge in [0.2, 0.25) is 0 Å². The molecule has 0 spiro atoms. The molecule has 0 atom stereocenters. The second kappa shape index (κ2) is 4.79. The van der Waals surface area contributed by atoms with Gasteiger partial charge in [-0.2, -0.15) is 0 Å². The van der Waals surface area contributed by atoms with Gasteiger partial charge >= 0.3 is 0 Å². The summed E-state index contributed by atoms with van der Waals surface area (Å²) in [5.74, 6) is 0.765. The van der Waals surface area contributed by atoms with E-state index in [0.29, 0.717) is 6.54 Å². The Morgan fingerprint density at radius 2 is 1.93 bits per heavy atom. The molecule has 0 aliphatic carbocycles. The van der Waals surface area contributed by atoms with Gasteiger partial charge in [0.25, 0.3) is 0 Å². The Morgan fingerprint density at radius 1 is 1.21 bits per heavy atom. The number of hydrogen-bond donors (Lipinski definition) is 1. The second-order valence-corrected chi connectivity index (χ2v) is 2.75. The maximum absolute atomic E-state index is 5.42. The van der Waals surface area contributed by atoms with E-state index in [1.807, 2.05) is 36.4 Å². The summed E-state index contributed by atoms with van der Waals surface area (Å²) >= 11 is 0. The van der Waals surface area contributed by atoms with Crippen molar-refractivity contribution >= 4 is 12.4 Å². The molecule has 1 aromatic heterocycles. The number of nitrogens with two attached hydrogens (primary N) is 1. The lowest BCUT2D eigenvalue weighted by Crippen LogP contribution is -1.94. The Bertz CT molecular complexity index is 386.